The fraction of sp³-hybridized carbons (Fsp3) is 0.111. The molecule has 0 N–H and O–H groups in total. The predicted molar refractivity (Wildman–Crippen MR) is 48.9 cm³/mol. The molecule has 0 nitrogen and oxygen atoms in total. The fourth-order valence-electron chi connectivity index (χ4n) is 0.781. The van der Waals surface area contributed by atoms with Crippen molar-refractivity contribution >= 4 is 23.1 Å². The van der Waals surface area contributed by atoms with Crippen LogP contribution < -0.4 is 0 Å². The molecule has 0 saturated carbocycles. The smallest absolute Gasteiger partial charge is 0.103 e. The summed E-state index contributed by atoms with van der Waals surface area (Å²) >= 11 is 0. The molecule has 0 atom stereocenters. The lowest BCUT2D eigenvalue weighted by molar-refractivity contribution is 1.28. The van der Waals surface area contributed by atoms with Gasteiger partial charge in [-0.25, -0.2) is 0 Å². The van der Waals surface area contributed by atoms with Crippen LogP contribution in [-0.2, 0) is 6.42 Å². The molecule has 0 saturated heterocycles. The molecule has 50 valence electrons. The first kappa shape index (κ1) is 9.73. The minimum absolute atomic E-state index is 0. The molecule has 0 aliphatic carbocycles. The van der Waals surface area contributed by atoms with Crippen molar-refractivity contribution in [1.82, 2.24) is 0 Å². The Bertz CT molecular complexity index is 179. The van der Waals surface area contributed by atoms with Crippen molar-refractivity contribution in [2.75, 3.05) is 0 Å². The molecule has 0 spiro atoms. The summed E-state index contributed by atoms with van der Waals surface area (Å²) in [6, 6.07) is 10.3. The molecule has 1 aromatic rings. The van der Waals surface area contributed by atoms with Crippen LogP contribution in [0.2, 0.25) is 0 Å². The average molecular weight is 144 g/mol. The Balaban J connectivity index is 0.000000810. The van der Waals surface area contributed by atoms with Crippen molar-refractivity contribution in [3.63, 3.8) is 0 Å². The van der Waals surface area contributed by atoms with Crippen LogP contribution in [-0.4, -0.2) is 23.1 Å². The number of hydrogen-bond donors (Lipinski definition) is 0. The molecule has 0 heterocycles. The van der Waals surface area contributed by atoms with Crippen LogP contribution in [0, 0.1) is 0 Å². The first-order valence-corrected chi connectivity index (χ1v) is 3.08. The third-order valence-electron chi connectivity index (χ3n) is 1.22. The topological polar surface area (TPSA) is 0 Å². The summed E-state index contributed by atoms with van der Waals surface area (Å²) in [6.45, 7) is 3.66. The zero-order valence-corrected chi connectivity index (χ0v) is 5.38. The summed E-state index contributed by atoms with van der Waals surface area (Å²) in [5.74, 6) is 0. The molecule has 0 aliphatic heterocycles. The minimum atomic E-state index is 0. The van der Waals surface area contributed by atoms with Crippen LogP contribution in [0.3, 0.4) is 0 Å². The van der Waals surface area contributed by atoms with Gasteiger partial charge in [0.25, 0.3) is 0 Å². The predicted octanol–water partition coefficient (Wildman–Crippen LogP) is 1.50. The third-order valence-corrected chi connectivity index (χ3v) is 1.22. The molecule has 0 radical (unpaired) electrons. The highest BCUT2D eigenvalue weighted by Gasteiger charge is 1.82. The maximum atomic E-state index is 3.66. The van der Waals surface area contributed by atoms with Crippen LogP contribution in [0.1, 0.15) is 5.56 Å². The Labute approximate surface area is 78.1 Å². The highest BCUT2D eigenvalue weighted by molar-refractivity contribution is 5.75. The number of allylic oxidation sites excluding steroid dienone is 1. The first-order valence-electron chi connectivity index (χ1n) is 3.08. The highest BCUT2D eigenvalue weighted by atomic mass is 24.3. The van der Waals surface area contributed by atoms with Gasteiger partial charge in [0.15, 0.2) is 0 Å². The summed E-state index contributed by atoms with van der Waals surface area (Å²) in [7, 11) is 0. The van der Waals surface area contributed by atoms with Crippen molar-refractivity contribution in [2.45, 2.75) is 6.42 Å². The van der Waals surface area contributed by atoms with Crippen LogP contribution in [0.5, 0.6) is 0 Å². The molecule has 1 heteroatoms. The summed E-state index contributed by atoms with van der Waals surface area (Å²) in [5, 5.41) is 0. The van der Waals surface area contributed by atoms with Crippen molar-refractivity contribution in [3.8, 4) is 0 Å². The summed E-state index contributed by atoms with van der Waals surface area (Å²) in [6.07, 6.45) is 2.89. The molecule has 1 rings (SSSR count). The van der Waals surface area contributed by atoms with Crippen LogP contribution in [0.25, 0.3) is 0 Å². The van der Waals surface area contributed by atoms with Gasteiger partial charge in [0, 0.05) is 0 Å². The summed E-state index contributed by atoms with van der Waals surface area (Å²) in [5.41, 5.74) is 1.33. The molecule has 0 amide bonds. The van der Waals surface area contributed by atoms with E-state index in [1.54, 1.807) is 0 Å². The molecule has 0 unspecified atom stereocenters. The van der Waals surface area contributed by atoms with E-state index in [0.29, 0.717) is 0 Å². The van der Waals surface area contributed by atoms with E-state index < -0.39 is 0 Å². The van der Waals surface area contributed by atoms with E-state index in [4.69, 9.17) is 0 Å². The molecule has 0 aliphatic rings. The molecule has 10 heavy (non-hydrogen) atoms. The van der Waals surface area contributed by atoms with Gasteiger partial charge in [0.1, 0.15) is 0 Å². The Hall–Kier alpha value is -0.274. The maximum Gasteiger partial charge on any atom is 0.316 e. The fourth-order valence-corrected chi connectivity index (χ4v) is 0.781. The Morgan fingerprint density at radius 1 is 1.20 bits per heavy atom. The van der Waals surface area contributed by atoms with Gasteiger partial charge in [-0.15, -0.1) is 6.58 Å². The molecular formula is C9H12Mg. The second-order valence-electron chi connectivity index (χ2n) is 1.98. The Morgan fingerprint density at radius 2 is 1.80 bits per heavy atom. The number of benzene rings is 1. The second-order valence-corrected chi connectivity index (χ2v) is 1.98. The van der Waals surface area contributed by atoms with E-state index >= 15 is 0 Å². The van der Waals surface area contributed by atoms with Gasteiger partial charge in [-0.3, -0.25) is 0 Å². The van der Waals surface area contributed by atoms with Crippen molar-refractivity contribution in [3.05, 3.63) is 48.6 Å². The maximum absolute atomic E-state index is 3.66. The standard InChI is InChI=1S/C9H10.Mg.2H/c1-2-6-9-7-4-3-5-8-9;;;/h2-5,7-8H,1,6H2;;;. The lowest BCUT2D eigenvalue weighted by Gasteiger charge is -1.91. The Kier molecular flexibility index (Phi) is 5.36. The van der Waals surface area contributed by atoms with Gasteiger partial charge in [0.05, 0.1) is 0 Å². The quantitative estimate of drug-likeness (QED) is 0.436. The third kappa shape index (κ3) is 3.04. The highest BCUT2D eigenvalue weighted by Crippen LogP contribution is 1.98. The monoisotopic (exact) mass is 144 g/mol. The van der Waals surface area contributed by atoms with Crippen molar-refractivity contribution < 1.29 is 0 Å². The van der Waals surface area contributed by atoms with E-state index in [-0.39, 0.29) is 23.1 Å². The van der Waals surface area contributed by atoms with Gasteiger partial charge in [0.2, 0.25) is 0 Å². The van der Waals surface area contributed by atoms with Gasteiger partial charge in [-0.2, -0.15) is 0 Å². The van der Waals surface area contributed by atoms with Crippen molar-refractivity contribution in [1.29, 1.82) is 0 Å². The number of hydrogen-bond acceptors (Lipinski definition) is 0. The SMILES string of the molecule is C=CCc1ccccc1.[MgH2]. The van der Waals surface area contributed by atoms with E-state index in [2.05, 4.69) is 18.7 Å². The zero-order valence-electron chi connectivity index (χ0n) is 5.38. The lowest BCUT2D eigenvalue weighted by atomic mass is 10.2. The first-order chi connectivity index (χ1) is 4.43. The summed E-state index contributed by atoms with van der Waals surface area (Å²) < 4.78 is 0. The normalized spacial score (nSPS) is 8.00. The second kappa shape index (κ2) is 5.51. The number of rotatable bonds is 2. The van der Waals surface area contributed by atoms with Crippen LogP contribution >= 0.6 is 0 Å². The largest absolute Gasteiger partial charge is 0.316 e. The van der Waals surface area contributed by atoms with Crippen LogP contribution in [0.15, 0.2) is 43.0 Å². The zero-order chi connectivity index (χ0) is 6.53. The van der Waals surface area contributed by atoms with Gasteiger partial charge < -0.3 is 0 Å². The average Bonchev–Trinajstić information content (AvgIpc) is 1.91. The van der Waals surface area contributed by atoms with E-state index in [0.717, 1.165) is 6.42 Å². The molecule has 0 bridgehead atoms. The van der Waals surface area contributed by atoms with Crippen molar-refractivity contribution in [2.24, 2.45) is 0 Å². The summed E-state index contributed by atoms with van der Waals surface area (Å²) in [4.78, 5) is 0. The molecule has 1 aromatic carbocycles. The van der Waals surface area contributed by atoms with Gasteiger partial charge in [-0.05, 0) is 12.0 Å². The van der Waals surface area contributed by atoms with E-state index in [1.165, 1.54) is 5.56 Å². The van der Waals surface area contributed by atoms with E-state index in [1.807, 2.05) is 24.3 Å². The lowest BCUT2D eigenvalue weighted by Crippen LogP contribution is -1.75. The van der Waals surface area contributed by atoms with E-state index in [9.17, 15) is 0 Å². The molecule has 0 aromatic heterocycles. The molecular weight excluding hydrogens is 132 g/mol. The Morgan fingerprint density at radius 3 is 2.30 bits per heavy atom. The minimum Gasteiger partial charge on any atom is -0.103 e. The molecule has 0 fully saturated rings. The van der Waals surface area contributed by atoms with Gasteiger partial charge in [-0.1, -0.05) is 36.4 Å². The van der Waals surface area contributed by atoms with Crippen LogP contribution in [0.4, 0.5) is 0 Å². The van der Waals surface area contributed by atoms with Gasteiger partial charge >= 0.3 is 23.1 Å².